The van der Waals surface area contributed by atoms with Crippen molar-refractivity contribution in [3.8, 4) is 5.75 Å². The predicted octanol–water partition coefficient (Wildman–Crippen LogP) is 2.03. The fourth-order valence-corrected chi connectivity index (χ4v) is 3.36. The van der Waals surface area contributed by atoms with E-state index in [0.717, 1.165) is 45.1 Å². The Balaban J connectivity index is 1.46. The number of nitrogens with one attached hydrogen (secondary N) is 1. The van der Waals surface area contributed by atoms with Crippen molar-refractivity contribution in [1.82, 2.24) is 10.2 Å². The number of methoxy groups -OCH3 is 1. The second-order valence-electron chi connectivity index (χ2n) is 6.73. The van der Waals surface area contributed by atoms with E-state index in [1.165, 1.54) is 18.4 Å². The Morgan fingerprint density at radius 2 is 2.00 bits per heavy atom. The van der Waals surface area contributed by atoms with E-state index >= 15 is 0 Å². The molecule has 0 aromatic heterocycles. The van der Waals surface area contributed by atoms with E-state index in [4.69, 9.17) is 9.47 Å². The van der Waals surface area contributed by atoms with Crippen LogP contribution in [0.5, 0.6) is 5.75 Å². The van der Waals surface area contributed by atoms with Crippen molar-refractivity contribution >= 4 is 5.91 Å². The van der Waals surface area contributed by atoms with Gasteiger partial charge in [-0.05, 0) is 42.4 Å². The van der Waals surface area contributed by atoms with Gasteiger partial charge in [0.05, 0.1) is 20.3 Å². The van der Waals surface area contributed by atoms with Crippen molar-refractivity contribution in [3.05, 3.63) is 29.8 Å². The van der Waals surface area contributed by atoms with Crippen LogP contribution in [0.4, 0.5) is 0 Å². The van der Waals surface area contributed by atoms with Crippen molar-refractivity contribution in [2.45, 2.75) is 25.2 Å². The normalized spacial score (nSPS) is 19.7. The molecule has 1 atom stereocenters. The van der Waals surface area contributed by atoms with Gasteiger partial charge >= 0.3 is 0 Å². The molecule has 2 fully saturated rings. The molecule has 1 saturated carbocycles. The first kappa shape index (κ1) is 17.2. The Hall–Kier alpha value is -1.59. The summed E-state index contributed by atoms with van der Waals surface area (Å²) in [6.07, 6.45) is 3.05. The quantitative estimate of drug-likeness (QED) is 0.791. The molecular formula is C19H28N2O3. The zero-order chi connectivity index (χ0) is 16.8. The second-order valence-corrected chi connectivity index (χ2v) is 6.73. The standard InChI is InChI=1S/C19H28N2O3/c1-23-17-6-4-16(5-7-17)18(15-2-3-15)14-19(22)20-8-9-21-10-12-24-13-11-21/h4-7,15,18H,2-3,8-14H2,1H3,(H,20,22). The first-order chi connectivity index (χ1) is 11.8. The molecule has 1 saturated heterocycles. The monoisotopic (exact) mass is 332 g/mol. The number of amides is 1. The van der Waals surface area contributed by atoms with E-state index in [-0.39, 0.29) is 5.91 Å². The minimum atomic E-state index is 0.163. The summed E-state index contributed by atoms with van der Waals surface area (Å²) in [6, 6.07) is 8.17. The van der Waals surface area contributed by atoms with Gasteiger partial charge in [0.1, 0.15) is 5.75 Å². The highest BCUT2D eigenvalue weighted by Gasteiger charge is 2.33. The van der Waals surface area contributed by atoms with Crippen LogP contribution in [-0.2, 0) is 9.53 Å². The van der Waals surface area contributed by atoms with Gasteiger partial charge in [-0.1, -0.05) is 12.1 Å². The molecule has 1 N–H and O–H groups in total. The van der Waals surface area contributed by atoms with Gasteiger partial charge in [-0.15, -0.1) is 0 Å². The zero-order valence-electron chi connectivity index (χ0n) is 14.5. The second kappa shape index (κ2) is 8.49. The molecule has 1 unspecified atom stereocenters. The third kappa shape index (κ3) is 4.95. The molecule has 132 valence electrons. The highest BCUT2D eigenvalue weighted by Crippen LogP contribution is 2.44. The van der Waals surface area contributed by atoms with E-state index in [1.54, 1.807) is 7.11 Å². The number of nitrogens with zero attached hydrogens (tertiary/aromatic N) is 1. The highest BCUT2D eigenvalue weighted by atomic mass is 16.5. The molecule has 1 aromatic carbocycles. The number of hydrogen-bond acceptors (Lipinski definition) is 4. The number of rotatable bonds is 8. The van der Waals surface area contributed by atoms with Crippen LogP contribution in [0.25, 0.3) is 0 Å². The van der Waals surface area contributed by atoms with Gasteiger partial charge in [-0.2, -0.15) is 0 Å². The van der Waals surface area contributed by atoms with Crippen LogP contribution < -0.4 is 10.1 Å². The van der Waals surface area contributed by atoms with Gasteiger partial charge in [-0.3, -0.25) is 9.69 Å². The fourth-order valence-electron chi connectivity index (χ4n) is 3.36. The maximum Gasteiger partial charge on any atom is 0.220 e. The third-order valence-electron chi connectivity index (χ3n) is 4.99. The lowest BCUT2D eigenvalue weighted by atomic mass is 9.90. The average Bonchev–Trinajstić information content (AvgIpc) is 3.46. The summed E-state index contributed by atoms with van der Waals surface area (Å²) in [7, 11) is 1.68. The predicted molar refractivity (Wildman–Crippen MR) is 93.3 cm³/mol. The largest absolute Gasteiger partial charge is 0.497 e. The molecule has 3 rings (SSSR count). The van der Waals surface area contributed by atoms with Crippen LogP contribution in [0.3, 0.4) is 0 Å². The number of carbonyl (C=O) groups excluding carboxylic acids is 1. The molecular weight excluding hydrogens is 304 g/mol. The molecule has 1 amide bonds. The highest BCUT2D eigenvalue weighted by molar-refractivity contribution is 5.77. The summed E-state index contributed by atoms with van der Waals surface area (Å²) in [5, 5.41) is 3.09. The van der Waals surface area contributed by atoms with Gasteiger partial charge in [-0.25, -0.2) is 0 Å². The van der Waals surface area contributed by atoms with Crippen LogP contribution in [-0.4, -0.2) is 57.3 Å². The molecule has 24 heavy (non-hydrogen) atoms. The van der Waals surface area contributed by atoms with Gasteiger partial charge in [0.15, 0.2) is 0 Å². The molecule has 1 aromatic rings. The Morgan fingerprint density at radius 3 is 2.62 bits per heavy atom. The molecule has 0 spiro atoms. The number of morpholine rings is 1. The Bertz CT molecular complexity index is 522. The lowest BCUT2D eigenvalue weighted by Gasteiger charge is -2.26. The first-order valence-corrected chi connectivity index (χ1v) is 8.97. The van der Waals surface area contributed by atoms with Crippen molar-refractivity contribution in [3.63, 3.8) is 0 Å². The fraction of sp³-hybridized carbons (Fsp3) is 0.632. The zero-order valence-corrected chi connectivity index (χ0v) is 14.5. The van der Waals surface area contributed by atoms with E-state index in [1.807, 2.05) is 12.1 Å². The molecule has 1 aliphatic heterocycles. The van der Waals surface area contributed by atoms with E-state index in [0.29, 0.717) is 18.3 Å². The van der Waals surface area contributed by atoms with E-state index in [9.17, 15) is 4.79 Å². The lowest BCUT2D eigenvalue weighted by molar-refractivity contribution is -0.121. The summed E-state index contributed by atoms with van der Waals surface area (Å²) in [5.74, 6) is 2.02. The minimum absolute atomic E-state index is 0.163. The number of hydrogen-bond donors (Lipinski definition) is 1. The average molecular weight is 332 g/mol. The molecule has 1 heterocycles. The van der Waals surface area contributed by atoms with Crippen LogP contribution in [0.15, 0.2) is 24.3 Å². The van der Waals surface area contributed by atoms with Crippen LogP contribution >= 0.6 is 0 Å². The van der Waals surface area contributed by atoms with Crippen molar-refractivity contribution in [1.29, 1.82) is 0 Å². The summed E-state index contributed by atoms with van der Waals surface area (Å²) >= 11 is 0. The molecule has 0 radical (unpaired) electrons. The van der Waals surface area contributed by atoms with Crippen LogP contribution in [0, 0.1) is 5.92 Å². The maximum atomic E-state index is 12.3. The molecule has 2 aliphatic rings. The summed E-state index contributed by atoms with van der Waals surface area (Å²) in [4.78, 5) is 14.7. The summed E-state index contributed by atoms with van der Waals surface area (Å²) in [5.41, 5.74) is 1.25. The summed E-state index contributed by atoms with van der Waals surface area (Å²) < 4.78 is 10.6. The molecule has 5 heteroatoms. The van der Waals surface area contributed by atoms with Gasteiger partial charge < -0.3 is 14.8 Å². The van der Waals surface area contributed by atoms with Crippen molar-refractivity contribution in [2.24, 2.45) is 5.92 Å². The van der Waals surface area contributed by atoms with Crippen LogP contribution in [0.1, 0.15) is 30.7 Å². The molecule has 1 aliphatic carbocycles. The van der Waals surface area contributed by atoms with E-state index < -0.39 is 0 Å². The molecule has 5 nitrogen and oxygen atoms in total. The van der Waals surface area contributed by atoms with Gasteiger partial charge in [0, 0.05) is 32.6 Å². The summed E-state index contributed by atoms with van der Waals surface area (Å²) in [6.45, 7) is 5.16. The van der Waals surface area contributed by atoms with Crippen molar-refractivity contribution in [2.75, 3.05) is 46.5 Å². The number of benzene rings is 1. The lowest BCUT2D eigenvalue weighted by Crippen LogP contribution is -2.41. The maximum absolute atomic E-state index is 12.3. The van der Waals surface area contributed by atoms with Crippen LogP contribution in [0.2, 0.25) is 0 Å². The third-order valence-corrected chi connectivity index (χ3v) is 4.99. The Labute approximate surface area is 144 Å². The van der Waals surface area contributed by atoms with Gasteiger partial charge in [0.2, 0.25) is 5.91 Å². The number of ether oxygens (including phenoxy) is 2. The minimum Gasteiger partial charge on any atom is -0.497 e. The first-order valence-electron chi connectivity index (χ1n) is 8.97. The van der Waals surface area contributed by atoms with Gasteiger partial charge in [0.25, 0.3) is 0 Å². The van der Waals surface area contributed by atoms with Crippen molar-refractivity contribution < 1.29 is 14.3 Å². The number of carbonyl (C=O) groups is 1. The molecule has 0 bridgehead atoms. The topological polar surface area (TPSA) is 50.8 Å². The Morgan fingerprint density at radius 1 is 1.29 bits per heavy atom. The Kier molecular flexibility index (Phi) is 6.10. The van der Waals surface area contributed by atoms with E-state index in [2.05, 4.69) is 22.3 Å². The smallest absolute Gasteiger partial charge is 0.220 e. The SMILES string of the molecule is COc1ccc(C(CC(=O)NCCN2CCOCC2)C2CC2)cc1.